The molecule has 1 aromatic carbocycles. The largest absolute Gasteiger partial charge is 0.492 e. The van der Waals surface area contributed by atoms with E-state index < -0.39 is 0 Å². The molecule has 3 rings (SSSR count). The number of carbonyl (C=O) groups excluding carboxylic acids is 1. The van der Waals surface area contributed by atoms with Crippen molar-refractivity contribution >= 4 is 17.2 Å². The van der Waals surface area contributed by atoms with Crippen LogP contribution in [0.2, 0.25) is 0 Å². The number of para-hydroxylation sites is 1. The average molecular weight is 324 g/mol. The van der Waals surface area contributed by atoms with Gasteiger partial charge in [-0.25, -0.2) is 4.98 Å². The molecule has 0 saturated carbocycles. The monoisotopic (exact) mass is 324 g/mol. The second kappa shape index (κ2) is 7.56. The van der Waals surface area contributed by atoms with Gasteiger partial charge in [0.2, 0.25) is 0 Å². The number of benzene rings is 1. The summed E-state index contributed by atoms with van der Waals surface area (Å²) in [6, 6.07) is 18.9. The highest BCUT2D eigenvalue weighted by Crippen LogP contribution is 2.22. The molecule has 1 N–H and O–H groups in total. The minimum absolute atomic E-state index is 0.194. The standard InChI is InChI=1S/C18H16N2O2S/c21-18(19-11-12-22-14-6-2-1-3-7-14)16-9-4-8-15(20-16)17-10-5-13-23-17/h1-10,13H,11-12H2,(H,19,21). The summed E-state index contributed by atoms with van der Waals surface area (Å²) in [4.78, 5) is 17.6. The number of aromatic nitrogens is 1. The fourth-order valence-corrected chi connectivity index (χ4v) is 2.76. The van der Waals surface area contributed by atoms with Crippen molar-refractivity contribution in [2.75, 3.05) is 13.2 Å². The lowest BCUT2D eigenvalue weighted by Gasteiger charge is -2.08. The van der Waals surface area contributed by atoms with E-state index in [1.54, 1.807) is 17.4 Å². The van der Waals surface area contributed by atoms with Crippen molar-refractivity contribution in [3.63, 3.8) is 0 Å². The topological polar surface area (TPSA) is 51.2 Å². The molecular formula is C18H16N2O2S. The number of ether oxygens (including phenoxy) is 1. The number of nitrogens with one attached hydrogen (secondary N) is 1. The van der Waals surface area contributed by atoms with Crippen molar-refractivity contribution in [2.24, 2.45) is 0 Å². The lowest BCUT2D eigenvalue weighted by atomic mass is 10.2. The molecule has 2 aromatic heterocycles. The van der Waals surface area contributed by atoms with E-state index in [0.29, 0.717) is 18.8 Å². The Labute approximate surface area is 138 Å². The van der Waals surface area contributed by atoms with Crippen LogP contribution in [0, 0.1) is 0 Å². The Hall–Kier alpha value is -2.66. The van der Waals surface area contributed by atoms with Gasteiger partial charge < -0.3 is 10.1 Å². The maximum atomic E-state index is 12.2. The molecule has 0 fully saturated rings. The highest BCUT2D eigenvalue weighted by molar-refractivity contribution is 7.13. The number of amides is 1. The van der Waals surface area contributed by atoms with Gasteiger partial charge in [-0.1, -0.05) is 30.3 Å². The van der Waals surface area contributed by atoms with Crippen LogP contribution in [0.4, 0.5) is 0 Å². The number of carbonyl (C=O) groups is 1. The Balaban J connectivity index is 1.53. The summed E-state index contributed by atoms with van der Waals surface area (Å²) in [5, 5.41) is 4.81. The number of nitrogens with zero attached hydrogens (tertiary/aromatic N) is 1. The van der Waals surface area contributed by atoms with Crippen molar-refractivity contribution < 1.29 is 9.53 Å². The summed E-state index contributed by atoms with van der Waals surface area (Å²) >= 11 is 1.60. The zero-order valence-corrected chi connectivity index (χ0v) is 13.3. The van der Waals surface area contributed by atoms with E-state index in [-0.39, 0.29) is 5.91 Å². The van der Waals surface area contributed by atoms with E-state index >= 15 is 0 Å². The predicted molar refractivity (Wildman–Crippen MR) is 91.8 cm³/mol. The van der Waals surface area contributed by atoms with E-state index in [0.717, 1.165) is 16.3 Å². The van der Waals surface area contributed by atoms with Crippen molar-refractivity contribution in [1.82, 2.24) is 10.3 Å². The van der Waals surface area contributed by atoms with Crippen LogP contribution >= 0.6 is 11.3 Å². The minimum Gasteiger partial charge on any atom is -0.492 e. The fraction of sp³-hybridized carbons (Fsp3) is 0.111. The van der Waals surface area contributed by atoms with Gasteiger partial charge in [-0.2, -0.15) is 0 Å². The summed E-state index contributed by atoms with van der Waals surface area (Å²) in [6.45, 7) is 0.846. The molecule has 1 amide bonds. The normalized spacial score (nSPS) is 10.3. The third-order valence-electron chi connectivity index (χ3n) is 3.15. The summed E-state index contributed by atoms with van der Waals surface area (Å²) in [5.74, 6) is 0.597. The molecule has 0 aliphatic heterocycles. The highest BCUT2D eigenvalue weighted by Gasteiger charge is 2.08. The van der Waals surface area contributed by atoms with Crippen molar-refractivity contribution in [3.8, 4) is 16.3 Å². The van der Waals surface area contributed by atoms with Gasteiger partial charge in [0, 0.05) is 0 Å². The van der Waals surface area contributed by atoms with Gasteiger partial charge in [0.25, 0.3) is 5.91 Å². The quantitative estimate of drug-likeness (QED) is 0.705. The number of pyridine rings is 1. The molecule has 0 saturated heterocycles. The number of hydrogen-bond acceptors (Lipinski definition) is 4. The second-order valence-corrected chi connectivity index (χ2v) is 5.75. The maximum Gasteiger partial charge on any atom is 0.270 e. The molecule has 116 valence electrons. The van der Waals surface area contributed by atoms with Gasteiger partial charge in [-0.3, -0.25) is 4.79 Å². The predicted octanol–water partition coefficient (Wildman–Crippen LogP) is 3.62. The van der Waals surface area contributed by atoms with E-state index in [1.807, 2.05) is 60.0 Å². The van der Waals surface area contributed by atoms with E-state index in [4.69, 9.17) is 4.74 Å². The number of thiophene rings is 1. The maximum absolute atomic E-state index is 12.2. The Morgan fingerprint density at radius 2 is 1.91 bits per heavy atom. The van der Waals surface area contributed by atoms with Crippen LogP contribution in [0.1, 0.15) is 10.5 Å². The van der Waals surface area contributed by atoms with E-state index in [2.05, 4.69) is 10.3 Å². The average Bonchev–Trinajstić information content (AvgIpc) is 3.14. The van der Waals surface area contributed by atoms with Gasteiger partial charge in [0.1, 0.15) is 18.1 Å². The lowest BCUT2D eigenvalue weighted by molar-refractivity contribution is 0.0942. The van der Waals surface area contributed by atoms with Gasteiger partial charge in [-0.15, -0.1) is 11.3 Å². The van der Waals surface area contributed by atoms with Crippen molar-refractivity contribution in [1.29, 1.82) is 0 Å². The Bertz CT molecular complexity index is 758. The molecule has 4 nitrogen and oxygen atoms in total. The first-order chi connectivity index (χ1) is 11.3. The first kappa shape index (κ1) is 15.2. The van der Waals surface area contributed by atoms with Gasteiger partial charge in [0.05, 0.1) is 17.1 Å². The van der Waals surface area contributed by atoms with Crippen molar-refractivity contribution in [3.05, 3.63) is 71.7 Å². The van der Waals surface area contributed by atoms with E-state index in [1.165, 1.54) is 0 Å². The molecule has 3 aromatic rings. The van der Waals surface area contributed by atoms with Gasteiger partial charge in [0.15, 0.2) is 0 Å². The molecule has 0 aliphatic carbocycles. The molecule has 5 heteroatoms. The molecule has 0 aliphatic rings. The van der Waals surface area contributed by atoms with Crippen LogP contribution < -0.4 is 10.1 Å². The summed E-state index contributed by atoms with van der Waals surface area (Å²) < 4.78 is 5.54. The Morgan fingerprint density at radius 3 is 2.70 bits per heavy atom. The Kier molecular flexibility index (Phi) is 5.01. The zero-order valence-electron chi connectivity index (χ0n) is 12.4. The fourth-order valence-electron chi connectivity index (χ4n) is 2.06. The molecular weight excluding hydrogens is 308 g/mol. The molecule has 0 radical (unpaired) electrons. The van der Waals surface area contributed by atoms with E-state index in [9.17, 15) is 4.79 Å². The summed E-state index contributed by atoms with van der Waals surface area (Å²) in [6.07, 6.45) is 0. The van der Waals surface area contributed by atoms with Crippen LogP contribution in [0.5, 0.6) is 5.75 Å². The highest BCUT2D eigenvalue weighted by atomic mass is 32.1. The summed E-state index contributed by atoms with van der Waals surface area (Å²) in [5.41, 5.74) is 1.23. The molecule has 23 heavy (non-hydrogen) atoms. The lowest BCUT2D eigenvalue weighted by Crippen LogP contribution is -2.28. The zero-order chi connectivity index (χ0) is 15.9. The van der Waals surface area contributed by atoms with Gasteiger partial charge in [-0.05, 0) is 35.7 Å². The van der Waals surface area contributed by atoms with Crippen LogP contribution in [-0.4, -0.2) is 24.0 Å². The molecule has 2 heterocycles. The van der Waals surface area contributed by atoms with Crippen LogP contribution in [0.15, 0.2) is 66.0 Å². The van der Waals surface area contributed by atoms with Crippen LogP contribution in [0.3, 0.4) is 0 Å². The SMILES string of the molecule is O=C(NCCOc1ccccc1)c1cccc(-c2cccs2)n1. The molecule has 0 spiro atoms. The third kappa shape index (κ3) is 4.17. The van der Waals surface area contributed by atoms with Gasteiger partial charge >= 0.3 is 0 Å². The number of hydrogen-bond donors (Lipinski definition) is 1. The Morgan fingerprint density at radius 1 is 1.04 bits per heavy atom. The molecule has 0 atom stereocenters. The van der Waals surface area contributed by atoms with Crippen molar-refractivity contribution in [2.45, 2.75) is 0 Å². The molecule has 0 bridgehead atoms. The smallest absolute Gasteiger partial charge is 0.270 e. The first-order valence-electron chi connectivity index (χ1n) is 7.30. The first-order valence-corrected chi connectivity index (χ1v) is 8.18. The number of rotatable bonds is 6. The molecule has 0 unspecified atom stereocenters. The second-order valence-electron chi connectivity index (χ2n) is 4.80. The van der Waals surface area contributed by atoms with Crippen LogP contribution in [0.25, 0.3) is 10.6 Å². The minimum atomic E-state index is -0.194. The van der Waals surface area contributed by atoms with Crippen LogP contribution in [-0.2, 0) is 0 Å². The third-order valence-corrected chi connectivity index (χ3v) is 4.05. The summed E-state index contributed by atoms with van der Waals surface area (Å²) in [7, 11) is 0.